The van der Waals surface area contributed by atoms with E-state index in [-0.39, 0.29) is 33.4 Å². The van der Waals surface area contributed by atoms with E-state index in [9.17, 15) is 28.8 Å². The summed E-state index contributed by atoms with van der Waals surface area (Å²) in [5.41, 5.74) is 0.296. The number of carbonyl (C=O) groups is 6. The van der Waals surface area contributed by atoms with Crippen molar-refractivity contribution >= 4 is 35.8 Å². The number of carboxylic acids is 6. The van der Waals surface area contributed by atoms with Crippen LogP contribution in [0.5, 0.6) is 0 Å². The molecular weight excluding hydrogens is 480 g/mol. The summed E-state index contributed by atoms with van der Waals surface area (Å²) in [6.45, 7) is 0. The number of hydrogen-bond donors (Lipinski definition) is 6. The van der Waals surface area contributed by atoms with Gasteiger partial charge < -0.3 is 30.6 Å². The second kappa shape index (κ2) is 13.3. The molecule has 0 aliphatic carbocycles. The summed E-state index contributed by atoms with van der Waals surface area (Å²) in [7, 11) is 0. The third-order valence-corrected chi connectivity index (χ3v) is 4.11. The SMILES string of the molecule is O=C(O)c1ccc(C(=O)O)cc1.O=C(O)c1ccc(C(=O)O)cc1.O=C(O)c1cccc(C(=O)O)c1. The highest BCUT2D eigenvalue weighted by Crippen LogP contribution is 2.06. The maximum Gasteiger partial charge on any atom is 0.335 e. The lowest BCUT2D eigenvalue weighted by Crippen LogP contribution is -2.01. The van der Waals surface area contributed by atoms with Gasteiger partial charge in [0, 0.05) is 0 Å². The molecule has 3 aromatic rings. The van der Waals surface area contributed by atoms with E-state index in [1.165, 1.54) is 66.7 Å². The van der Waals surface area contributed by atoms with Crippen LogP contribution in [0, 0.1) is 0 Å². The zero-order chi connectivity index (χ0) is 27.4. The van der Waals surface area contributed by atoms with Crippen molar-refractivity contribution in [2.75, 3.05) is 0 Å². The molecule has 0 amide bonds. The molecule has 3 aromatic carbocycles. The van der Waals surface area contributed by atoms with Crippen molar-refractivity contribution in [1.82, 2.24) is 0 Å². The summed E-state index contributed by atoms with van der Waals surface area (Å²) >= 11 is 0. The molecule has 6 N–H and O–H groups in total. The van der Waals surface area contributed by atoms with E-state index in [0.29, 0.717) is 0 Å². The van der Waals surface area contributed by atoms with Crippen molar-refractivity contribution < 1.29 is 59.4 Å². The molecule has 36 heavy (non-hydrogen) atoms. The van der Waals surface area contributed by atoms with Crippen LogP contribution in [0.2, 0.25) is 0 Å². The standard InChI is InChI=1S/3C8H6O4/c2*9-7(10)5-1-2-6(4-3-5)8(11)12;9-7(10)5-2-1-3-6(4-5)8(11)12/h3*1-4H,(H,9,10)(H,11,12). The minimum absolute atomic E-state index is 0.0186. The summed E-state index contributed by atoms with van der Waals surface area (Å²) in [6, 6.07) is 15.2. The fraction of sp³-hybridized carbons (Fsp3) is 0. The summed E-state index contributed by atoms with van der Waals surface area (Å²) in [6.07, 6.45) is 0. The number of rotatable bonds is 6. The van der Waals surface area contributed by atoms with Gasteiger partial charge in [-0.1, -0.05) is 6.07 Å². The zero-order valence-corrected chi connectivity index (χ0v) is 18.1. The van der Waals surface area contributed by atoms with Gasteiger partial charge in [-0.15, -0.1) is 0 Å². The fourth-order valence-corrected chi connectivity index (χ4v) is 2.30. The Kier molecular flexibility index (Phi) is 10.5. The van der Waals surface area contributed by atoms with Crippen molar-refractivity contribution in [3.8, 4) is 0 Å². The lowest BCUT2D eigenvalue weighted by atomic mass is 10.1. The van der Waals surface area contributed by atoms with Gasteiger partial charge in [0.1, 0.15) is 0 Å². The minimum Gasteiger partial charge on any atom is -0.478 e. The number of hydrogen-bond acceptors (Lipinski definition) is 6. The van der Waals surface area contributed by atoms with Crippen molar-refractivity contribution in [3.63, 3.8) is 0 Å². The highest BCUT2D eigenvalue weighted by Gasteiger charge is 2.07. The van der Waals surface area contributed by atoms with E-state index in [0.717, 1.165) is 6.07 Å². The highest BCUT2D eigenvalue weighted by atomic mass is 16.4. The molecule has 3 rings (SSSR count). The van der Waals surface area contributed by atoms with Crippen LogP contribution < -0.4 is 0 Å². The molecule has 0 heterocycles. The molecule has 0 bridgehead atoms. The molecular formula is C24H18O12. The van der Waals surface area contributed by atoms with E-state index < -0.39 is 35.8 Å². The predicted octanol–water partition coefficient (Wildman–Crippen LogP) is 3.25. The largest absolute Gasteiger partial charge is 0.478 e. The molecule has 0 unspecified atom stereocenters. The first kappa shape index (κ1) is 28.5. The Balaban J connectivity index is 0.000000270. The summed E-state index contributed by atoms with van der Waals surface area (Å²) in [5.74, 6) is -6.51. The van der Waals surface area contributed by atoms with Gasteiger partial charge in [0.05, 0.1) is 33.4 Å². The molecule has 0 aromatic heterocycles. The zero-order valence-electron chi connectivity index (χ0n) is 18.1. The van der Waals surface area contributed by atoms with Gasteiger partial charge in [0.2, 0.25) is 0 Å². The molecule has 0 radical (unpaired) electrons. The number of benzene rings is 3. The van der Waals surface area contributed by atoms with E-state index in [4.69, 9.17) is 30.6 Å². The third kappa shape index (κ3) is 9.15. The molecule has 0 spiro atoms. The van der Waals surface area contributed by atoms with Gasteiger partial charge >= 0.3 is 35.8 Å². The first-order chi connectivity index (χ1) is 16.8. The van der Waals surface area contributed by atoms with Crippen LogP contribution in [0.15, 0.2) is 72.8 Å². The summed E-state index contributed by atoms with van der Waals surface area (Å²) < 4.78 is 0. The van der Waals surface area contributed by atoms with Crippen LogP contribution in [0.1, 0.15) is 62.1 Å². The van der Waals surface area contributed by atoms with Gasteiger partial charge in [-0.2, -0.15) is 0 Å². The molecule has 0 aliphatic heterocycles. The van der Waals surface area contributed by atoms with Gasteiger partial charge in [-0.3, -0.25) is 0 Å². The molecule has 0 saturated heterocycles. The highest BCUT2D eigenvalue weighted by molar-refractivity contribution is 5.94. The topological polar surface area (TPSA) is 224 Å². The lowest BCUT2D eigenvalue weighted by molar-refractivity contribution is 0.0680. The van der Waals surface area contributed by atoms with Crippen molar-refractivity contribution in [2.45, 2.75) is 0 Å². The monoisotopic (exact) mass is 498 g/mol. The van der Waals surface area contributed by atoms with Crippen LogP contribution in [-0.4, -0.2) is 66.5 Å². The quantitative estimate of drug-likeness (QED) is 0.288. The Morgan fingerprint density at radius 2 is 0.528 bits per heavy atom. The van der Waals surface area contributed by atoms with E-state index in [2.05, 4.69) is 0 Å². The van der Waals surface area contributed by atoms with Gasteiger partial charge in [0.15, 0.2) is 0 Å². The van der Waals surface area contributed by atoms with Crippen LogP contribution in [0.4, 0.5) is 0 Å². The fourth-order valence-electron chi connectivity index (χ4n) is 2.30. The van der Waals surface area contributed by atoms with Crippen LogP contribution in [0.25, 0.3) is 0 Å². The molecule has 0 saturated carbocycles. The Bertz CT molecular complexity index is 1110. The Labute approximate surface area is 201 Å². The first-order valence-corrected chi connectivity index (χ1v) is 9.53. The maximum atomic E-state index is 10.4. The number of aromatic carboxylic acids is 6. The normalized spacial score (nSPS) is 9.33. The van der Waals surface area contributed by atoms with Crippen LogP contribution >= 0.6 is 0 Å². The Morgan fingerprint density at radius 3 is 0.694 bits per heavy atom. The first-order valence-electron chi connectivity index (χ1n) is 9.53. The molecule has 186 valence electrons. The van der Waals surface area contributed by atoms with Crippen molar-refractivity contribution in [1.29, 1.82) is 0 Å². The molecule has 12 heteroatoms. The minimum atomic E-state index is -1.13. The van der Waals surface area contributed by atoms with E-state index in [1.807, 2.05) is 0 Å². The summed E-state index contributed by atoms with van der Waals surface area (Å²) in [4.78, 5) is 62.1. The van der Waals surface area contributed by atoms with Gasteiger partial charge in [-0.25, -0.2) is 28.8 Å². The smallest absolute Gasteiger partial charge is 0.335 e. The van der Waals surface area contributed by atoms with E-state index in [1.54, 1.807) is 0 Å². The average Bonchev–Trinajstić information content (AvgIpc) is 2.85. The predicted molar refractivity (Wildman–Crippen MR) is 121 cm³/mol. The molecule has 12 nitrogen and oxygen atoms in total. The molecule has 0 fully saturated rings. The third-order valence-electron chi connectivity index (χ3n) is 4.11. The number of carboxylic acid groups (broad SMARTS) is 6. The maximum absolute atomic E-state index is 10.4. The van der Waals surface area contributed by atoms with Crippen LogP contribution in [0.3, 0.4) is 0 Å². The van der Waals surface area contributed by atoms with Crippen molar-refractivity contribution in [2.24, 2.45) is 0 Å². The second-order valence-corrected chi connectivity index (χ2v) is 6.57. The van der Waals surface area contributed by atoms with Gasteiger partial charge in [0.25, 0.3) is 0 Å². The lowest BCUT2D eigenvalue weighted by Gasteiger charge is -1.95. The van der Waals surface area contributed by atoms with Crippen LogP contribution in [-0.2, 0) is 0 Å². The Hall–Kier alpha value is -5.52. The Morgan fingerprint density at radius 1 is 0.333 bits per heavy atom. The van der Waals surface area contributed by atoms with Crippen molar-refractivity contribution in [3.05, 3.63) is 106 Å². The van der Waals surface area contributed by atoms with E-state index >= 15 is 0 Å². The molecule has 0 atom stereocenters. The average molecular weight is 498 g/mol. The second-order valence-electron chi connectivity index (χ2n) is 6.57. The summed E-state index contributed by atoms with van der Waals surface area (Å²) in [5, 5.41) is 50.9. The molecule has 0 aliphatic rings. The van der Waals surface area contributed by atoms with Gasteiger partial charge in [-0.05, 0) is 66.7 Å².